The van der Waals surface area contributed by atoms with Crippen molar-refractivity contribution in [2.75, 3.05) is 17.4 Å². The Bertz CT molecular complexity index is 667. The number of hydrazine groups is 2. The summed E-state index contributed by atoms with van der Waals surface area (Å²) < 4.78 is 5.82. The van der Waals surface area contributed by atoms with Crippen molar-refractivity contribution in [3.8, 4) is 0 Å². The van der Waals surface area contributed by atoms with Crippen LogP contribution in [0.2, 0.25) is 0 Å². The normalized spacial score (nSPS) is 13.3. The summed E-state index contributed by atoms with van der Waals surface area (Å²) in [6, 6.07) is 20.4. The quantitative estimate of drug-likeness (QED) is 0.568. The molecule has 2 aromatic rings. The number of hydrogen-bond acceptors (Lipinski definition) is 6. The number of nitrogens with zero attached hydrogens (tertiary/aromatic N) is 2. The molecule has 1 heterocycles. The van der Waals surface area contributed by atoms with E-state index in [4.69, 9.17) is 4.74 Å². The Morgan fingerprint density at radius 3 is 2.24 bits per heavy atom. The van der Waals surface area contributed by atoms with Gasteiger partial charge in [0.25, 0.3) is 0 Å². The van der Waals surface area contributed by atoms with Gasteiger partial charge in [0.2, 0.25) is 5.17 Å². The maximum absolute atomic E-state index is 5.82. The Hall–Kier alpha value is -2.02. The monoisotopic (exact) mass is 416 g/mol. The van der Waals surface area contributed by atoms with Gasteiger partial charge in [-0.05, 0) is 30.0 Å². The van der Waals surface area contributed by atoms with Crippen LogP contribution in [0.25, 0.3) is 0 Å². The van der Waals surface area contributed by atoms with Gasteiger partial charge in [-0.2, -0.15) is 0 Å². The van der Waals surface area contributed by atoms with Crippen molar-refractivity contribution in [3.05, 3.63) is 66.2 Å². The van der Waals surface area contributed by atoms with Crippen LogP contribution in [0, 0.1) is 5.92 Å². The lowest BCUT2D eigenvalue weighted by molar-refractivity contribution is 0.0914. The zero-order valence-electron chi connectivity index (χ0n) is 18.4. The van der Waals surface area contributed by atoms with Crippen LogP contribution in [0.1, 0.15) is 46.6 Å². The van der Waals surface area contributed by atoms with Crippen molar-refractivity contribution >= 4 is 22.6 Å². The van der Waals surface area contributed by atoms with Crippen LogP contribution in [0.4, 0.5) is 5.69 Å². The second-order valence-corrected chi connectivity index (χ2v) is 7.09. The topological polar surface area (TPSA) is 48.9 Å². The van der Waals surface area contributed by atoms with Crippen molar-refractivity contribution in [3.63, 3.8) is 0 Å². The molecular weight excluding hydrogens is 380 g/mol. The highest BCUT2D eigenvalue weighted by Crippen LogP contribution is 2.20. The Morgan fingerprint density at radius 1 is 0.966 bits per heavy atom. The van der Waals surface area contributed by atoms with E-state index in [2.05, 4.69) is 47.4 Å². The summed E-state index contributed by atoms with van der Waals surface area (Å²) in [6.45, 7) is 11.7. The van der Waals surface area contributed by atoms with Gasteiger partial charge >= 0.3 is 0 Å². The lowest BCUT2D eigenvalue weighted by atomic mass is 10.1. The van der Waals surface area contributed by atoms with Crippen LogP contribution in [0.3, 0.4) is 0 Å². The van der Waals surface area contributed by atoms with Crippen molar-refractivity contribution in [2.45, 2.75) is 47.6 Å². The minimum Gasteiger partial charge on any atom is -0.376 e. The molecule has 0 saturated heterocycles. The van der Waals surface area contributed by atoms with Gasteiger partial charge in [0.15, 0.2) is 0 Å². The van der Waals surface area contributed by atoms with E-state index in [-0.39, 0.29) is 0 Å². The lowest BCUT2D eigenvalue weighted by Crippen LogP contribution is -2.40. The molecule has 0 amide bonds. The minimum absolute atomic E-state index is 0.518. The fourth-order valence-corrected chi connectivity index (χ4v) is 3.55. The Balaban J connectivity index is 0.000000989. The van der Waals surface area contributed by atoms with E-state index in [9.17, 15) is 0 Å². The van der Waals surface area contributed by atoms with Gasteiger partial charge < -0.3 is 4.74 Å². The van der Waals surface area contributed by atoms with E-state index in [0.717, 1.165) is 29.6 Å². The summed E-state index contributed by atoms with van der Waals surface area (Å²) in [5.41, 5.74) is 8.17. The number of ether oxygens (including phenoxy) is 1. The fraction of sp³-hybridized carbons (Fsp3) is 0.435. The molecule has 2 aromatic carbocycles. The molecule has 1 atom stereocenters. The van der Waals surface area contributed by atoms with Gasteiger partial charge in [-0.15, -0.1) is 10.6 Å². The number of benzene rings is 2. The number of para-hydroxylation sites is 1. The summed E-state index contributed by atoms with van der Waals surface area (Å²) in [5.74, 6) is 1.52. The van der Waals surface area contributed by atoms with Gasteiger partial charge in [-0.25, -0.2) is 10.5 Å². The molecule has 2 N–H and O–H groups in total. The molecule has 29 heavy (non-hydrogen) atoms. The molecular formula is C23H36N4OS. The standard InChI is InChI=1S/C19H24N4OS.2C2H6/c1-16(14-24-15-17-8-4-2-5-9-17)12-13-25-19-20-21-22-23(19)18-10-6-3-7-11-18;2*1-2/h2-11,16,21-22H,12-15H2,1H3;2*1-2H3. The summed E-state index contributed by atoms with van der Waals surface area (Å²) in [6.07, 6.45) is 1.08. The predicted octanol–water partition coefficient (Wildman–Crippen LogP) is 5.82. The summed E-state index contributed by atoms with van der Waals surface area (Å²) in [5, 5.41) is 7.20. The predicted molar refractivity (Wildman–Crippen MR) is 128 cm³/mol. The third kappa shape index (κ3) is 9.35. The highest BCUT2D eigenvalue weighted by molar-refractivity contribution is 8.14. The van der Waals surface area contributed by atoms with Crippen molar-refractivity contribution in [2.24, 2.45) is 11.0 Å². The third-order valence-electron chi connectivity index (χ3n) is 3.87. The highest BCUT2D eigenvalue weighted by atomic mass is 32.2. The zero-order valence-corrected chi connectivity index (χ0v) is 19.2. The molecule has 0 bridgehead atoms. The average Bonchev–Trinajstić information content (AvgIpc) is 3.26. The number of rotatable bonds is 8. The second-order valence-electron chi connectivity index (χ2n) is 6.03. The van der Waals surface area contributed by atoms with Crippen LogP contribution < -0.4 is 16.1 Å². The van der Waals surface area contributed by atoms with E-state index in [0.29, 0.717) is 12.5 Å². The molecule has 1 unspecified atom stereocenters. The van der Waals surface area contributed by atoms with Crippen LogP contribution in [0.5, 0.6) is 0 Å². The summed E-state index contributed by atoms with van der Waals surface area (Å²) in [7, 11) is 0. The first kappa shape index (κ1) is 25.0. The van der Waals surface area contributed by atoms with Gasteiger partial charge in [0.1, 0.15) is 0 Å². The summed E-state index contributed by atoms with van der Waals surface area (Å²) in [4.78, 5) is 0. The van der Waals surface area contributed by atoms with Gasteiger partial charge in [-0.1, -0.05) is 94.9 Å². The van der Waals surface area contributed by atoms with E-state index in [1.54, 1.807) is 11.8 Å². The Kier molecular flexibility index (Phi) is 13.7. The molecule has 160 valence electrons. The largest absolute Gasteiger partial charge is 0.376 e. The van der Waals surface area contributed by atoms with Crippen LogP contribution >= 0.6 is 11.8 Å². The number of anilines is 1. The molecule has 0 spiro atoms. The van der Waals surface area contributed by atoms with E-state index in [1.807, 2.05) is 69.1 Å². The first-order chi connectivity index (χ1) is 14.3. The molecule has 1 aliphatic heterocycles. The molecule has 1 aliphatic rings. The smallest absolute Gasteiger partial charge is 0.205 e. The van der Waals surface area contributed by atoms with Crippen LogP contribution in [-0.4, -0.2) is 17.5 Å². The zero-order chi connectivity index (χ0) is 21.3. The maximum Gasteiger partial charge on any atom is 0.205 e. The molecule has 6 heteroatoms. The van der Waals surface area contributed by atoms with Gasteiger partial charge in [0.05, 0.1) is 12.3 Å². The molecule has 0 fully saturated rings. The number of hydrogen-bond donors (Lipinski definition) is 2. The van der Waals surface area contributed by atoms with E-state index >= 15 is 0 Å². The van der Waals surface area contributed by atoms with Crippen molar-refractivity contribution in [1.82, 2.24) is 11.1 Å². The lowest BCUT2D eigenvalue weighted by Gasteiger charge is -2.18. The van der Waals surface area contributed by atoms with E-state index in [1.165, 1.54) is 5.56 Å². The molecule has 3 rings (SSSR count). The molecule has 0 aliphatic carbocycles. The minimum atomic E-state index is 0.518. The Labute approximate surface area is 180 Å². The molecule has 5 nitrogen and oxygen atoms in total. The highest BCUT2D eigenvalue weighted by Gasteiger charge is 2.19. The van der Waals surface area contributed by atoms with Crippen LogP contribution in [-0.2, 0) is 11.3 Å². The third-order valence-corrected chi connectivity index (χ3v) is 4.85. The van der Waals surface area contributed by atoms with E-state index < -0.39 is 0 Å². The van der Waals surface area contributed by atoms with Crippen molar-refractivity contribution < 1.29 is 4.74 Å². The molecule has 0 aromatic heterocycles. The molecule has 0 saturated carbocycles. The second kappa shape index (κ2) is 15.9. The van der Waals surface area contributed by atoms with Crippen LogP contribution in [0.15, 0.2) is 65.8 Å². The maximum atomic E-state index is 5.82. The SMILES string of the molecule is CC.CC.CC(CCSC1=NNNN1c1ccccc1)COCc1ccccc1. The summed E-state index contributed by atoms with van der Waals surface area (Å²) >= 11 is 1.74. The average molecular weight is 417 g/mol. The Morgan fingerprint density at radius 2 is 1.59 bits per heavy atom. The first-order valence-corrected chi connectivity index (χ1v) is 11.5. The molecule has 0 radical (unpaired) electrons. The number of thioether (sulfide) groups is 1. The number of amidine groups is 1. The first-order valence-electron chi connectivity index (χ1n) is 10.5. The van der Waals surface area contributed by atoms with Crippen molar-refractivity contribution in [1.29, 1.82) is 0 Å². The van der Waals surface area contributed by atoms with Gasteiger partial charge in [0, 0.05) is 12.4 Å². The number of nitrogens with one attached hydrogen (secondary N) is 2. The number of hydrazone groups is 1. The van der Waals surface area contributed by atoms with Gasteiger partial charge in [-0.3, -0.25) is 0 Å². The fourth-order valence-electron chi connectivity index (χ4n) is 2.46.